The summed E-state index contributed by atoms with van der Waals surface area (Å²) in [5.41, 5.74) is 0.329. The molecule has 0 aromatic carbocycles. The second-order valence-corrected chi connectivity index (χ2v) is 6.66. The maximum atomic E-state index is 6.39. The zero-order chi connectivity index (χ0) is 13.6. The molecule has 0 radical (unpaired) electrons. The maximum Gasteiger partial charge on any atom is 0.0687 e. The summed E-state index contributed by atoms with van der Waals surface area (Å²) in [6, 6.07) is 0.724. The fourth-order valence-electron chi connectivity index (χ4n) is 3.88. The number of hydrogen-bond acceptors (Lipinski definition) is 2. The Bertz CT molecular complexity index is 248. The summed E-state index contributed by atoms with van der Waals surface area (Å²) in [4.78, 5) is 0. The molecule has 1 spiro atoms. The lowest BCUT2D eigenvalue weighted by atomic mass is 9.97. The maximum absolute atomic E-state index is 6.39. The fraction of sp³-hybridized carbons (Fsp3) is 1.00. The third kappa shape index (κ3) is 4.46. The lowest BCUT2D eigenvalue weighted by Gasteiger charge is -2.24. The Morgan fingerprint density at radius 3 is 2.68 bits per heavy atom. The van der Waals surface area contributed by atoms with Crippen LogP contribution in [0.2, 0.25) is 0 Å². The van der Waals surface area contributed by atoms with E-state index in [0.717, 1.165) is 6.04 Å². The van der Waals surface area contributed by atoms with Crippen LogP contribution < -0.4 is 5.32 Å². The molecular weight excluding hydrogens is 234 g/mol. The molecular formula is C17H33NO. The smallest absolute Gasteiger partial charge is 0.0687 e. The predicted octanol–water partition coefficient (Wildman–Crippen LogP) is 4.43. The van der Waals surface area contributed by atoms with Crippen molar-refractivity contribution in [2.75, 3.05) is 6.54 Å². The highest BCUT2D eigenvalue weighted by molar-refractivity contribution is 4.92. The summed E-state index contributed by atoms with van der Waals surface area (Å²) >= 11 is 0. The number of nitrogens with one attached hydrogen (secondary N) is 1. The van der Waals surface area contributed by atoms with E-state index in [-0.39, 0.29) is 0 Å². The van der Waals surface area contributed by atoms with Crippen LogP contribution in [-0.2, 0) is 4.74 Å². The van der Waals surface area contributed by atoms with Crippen LogP contribution in [0.4, 0.5) is 0 Å². The first-order valence-electron chi connectivity index (χ1n) is 8.69. The monoisotopic (exact) mass is 267 g/mol. The van der Waals surface area contributed by atoms with Gasteiger partial charge in [0.25, 0.3) is 0 Å². The van der Waals surface area contributed by atoms with Crippen molar-refractivity contribution in [3.8, 4) is 0 Å². The van der Waals surface area contributed by atoms with Crippen molar-refractivity contribution in [2.24, 2.45) is 0 Å². The molecule has 112 valence electrons. The van der Waals surface area contributed by atoms with Gasteiger partial charge in [-0.05, 0) is 64.3 Å². The molecule has 2 aliphatic rings. The molecule has 2 nitrogen and oxygen atoms in total. The Balaban J connectivity index is 1.60. The average Bonchev–Trinajstić information content (AvgIpc) is 3.05. The molecule has 1 saturated carbocycles. The zero-order valence-corrected chi connectivity index (χ0v) is 13.0. The van der Waals surface area contributed by atoms with Gasteiger partial charge in [0.15, 0.2) is 0 Å². The first-order valence-corrected chi connectivity index (χ1v) is 8.69. The Hall–Kier alpha value is -0.0800. The van der Waals surface area contributed by atoms with Gasteiger partial charge >= 0.3 is 0 Å². The van der Waals surface area contributed by atoms with Gasteiger partial charge < -0.3 is 10.1 Å². The van der Waals surface area contributed by atoms with Gasteiger partial charge in [-0.1, -0.05) is 26.7 Å². The van der Waals surface area contributed by atoms with Crippen molar-refractivity contribution >= 4 is 0 Å². The summed E-state index contributed by atoms with van der Waals surface area (Å²) in [6.07, 6.45) is 15.1. The molecule has 2 rings (SSSR count). The summed E-state index contributed by atoms with van der Waals surface area (Å²) in [5, 5.41) is 3.65. The highest BCUT2D eigenvalue weighted by Crippen LogP contribution is 2.44. The number of ether oxygens (including phenoxy) is 1. The highest BCUT2D eigenvalue weighted by Gasteiger charge is 2.41. The van der Waals surface area contributed by atoms with Crippen LogP contribution in [0.1, 0.15) is 84.5 Å². The SMILES string of the molecule is CCCNC(CC)CCCC1CCC2(CCCC2)O1. The predicted molar refractivity (Wildman–Crippen MR) is 81.5 cm³/mol. The van der Waals surface area contributed by atoms with E-state index < -0.39 is 0 Å². The second kappa shape index (κ2) is 7.64. The molecule has 2 atom stereocenters. The van der Waals surface area contributed by atoms with Crippen molar-refractivity contribution in [2.45, 2.75) is 102 Å². The van der Waals surface area contributed by atoms with E-state index in [1.54, 1.807) is 0 Å². The van der Waals surface area contributed by atoms with E-state index in [1.165, 1.54) is 77.2 Å². The Morgan fingerprint density at radius 1 is 1.21 bits per heavy atom. The van der Waals surface area contributed by atoms with Crippen molar-refractivity contribution < 1.29 is 4.74 Å². The van der Waals surface area contributed by atoms with Crippen molar-refractivity contribution in [1.82, 2.24) is 5.32 Å². The minimum absolute atomic E-state index is 0.329. The standard InChI is InChI=1S/C17H33NO/c1-3-14-18-15(4-2)8-7-9-16-10-13-17(19-16)11-5-6-12-17/h15-16,18H,3-14H2,1-2H3. The topological polar surface area (TPSA) is 21.3 Å². The molecule has 0 aromatic rings. The van der Waals surface area contributed by atoms with Gasteiger partial charge in [0.05, 0.1) is 11.7 Å². The molecule has 1 saturated heterocycles. The van der Waals surface area contributed by atoms with Crippen LogP contribution in [0.25, 0.3) is 0 Å². The van der Waals surface area contributed by atoms with Gasteiger partial charge in [-0.2, -0.15) is 0 Å². The van der Waals surface area contributed by atoms with E-state index in [4.69, 9.17) is 4.74 Å². The van der Waals surface area contributed by atoms with E-state index in [9.17, 15) is 0 Å². The first-order chi connectivity index (χ1) is 9.28. The normalized spacial score (nSPS) is 27.2. The van der Waals surface area contributed by atoms with E-state index >= 15 is 0 Å². The van der Waals surface area contributed by atoms with Crippen LogP contribution in [0, 0.1) is 0 Å². The molecule has 1 aliphatic heterocycles. The second-order valence-electron chi connectivity index (χ2n) is 6.66. The summed E-state index contributed by atoms with van der Waals surface area (Å²) < 4.78 is 6.39. The summed E-state index contributed by atoms with van der Waals surface area (Å²) in [7, 11) is 0. The van der Waals surface area contributed by atoms with E-state index in [0.29, 0.717) is 11.7 Å². The van der Waals surface area contributed by atoms with Crippen LogP contribution in [0.15, 0.2) is 0 Å². The molecule has 1 aliphatic carbocycles. The lowest BCUT2D eigenvalue weighted by Crippen LogP contribution is -2.29. The minimum Gasteiger partial charge on any atom is -0.372 e. The van der Waals surface area contributed by atoms with Gasteiger partial charge in [-0.25, -0.2) is 0 Å². The Labute approximate surface area is 119 Å². The zero-order valence-electron chi connectivity index (χ0n) is 13.0. The van der Waals surface area contributed by atoms with Gasteiger partial charge in [0, 0.05) is 6.04 Å². The Kier molecular flexibility index (Phi) is 6.15. The fourth-order valence-corrected chi connectivity index (χ4v) is 3.88. The van der Waals surface area contributed by atoms with Gasteiger partial charge in [0.1, 0.15) is 0 Å². The van der Waals surface area contributed by atoms with Crippen LogP contribution >= 0.6 is 0 Å². The largest absolute Gasteiger partial charge is 0.372 e. The number of hydrogen-bond donors (Lipinski definition) is 1. The lowest BCUT2D eigenvalue weighted by molar-refractivity contribution is -0.0396. The van der Waals surface area contributed by atoms with Crippen LogP contribution in [0.3, 0.4) is 0 Å². The molecule has 0 amide bonds. The third-order valence-electron chi connectivity index (χ3n) is 5.11. The molecule has 2 heteroatoms. The van der Waals surface area contributed by atoms with Gasteiger partial charge in [-0.3, -0.25) is 0 Å². The first kappa shape index (κ1) is 15.3. The van der Waals surface area contributed by atoms with E-state index in [2.05, 4.69) is 19.2 Å². The molecule has 19 heavy (non-hydrogen) atoms. The van der Waals surface area contributed by atoms with E-state index in [1.807, 2.05) is 0 Å². The molecule has 1 heterocycles. The molecule has 2 unspecified atom stereocenters. The minimum atomic E-state index is 0.329. The molecule has 1 N–H and O–H groups in total. The van der Waals surface area contributed by atoms with Crippen LogP contribution in [0.5, 0.6) is 0 Å². The summed E-state index contributed by atoms with van der Waals surface area (Å²) in [5.74, 6) is 0. The Morgan fingerprint density at radius 2 is 2.00 bits per heavy atom. The molecule has 2 fully saturated rings. The quantitative estimate of drug-likeness (QED) is 0.702. The summed E-state index contributed by atoms with van der Waals surface area (Å²) in [6.45, 7) is 5.71. The van der Waals surface area contributed by atoms with Crippen LogP contribution in [-0.4, -0.2) is 24.3 Å². The highest BCUT2D eigenvalue weighted by atomic mass is 16.5. The van der Waals surface area contributed by atoms with Crippen molar-refractivity contribution in [3.05, 3.63) is 0 Å². The average molecular weight is 267 g/mol. The van der Waals surface area contributed by atoms with Gasteiger partial charge in [-0.15, -0.1) is 0 Å². The molecule has 0 aromatic heterocycles. The third-order valence-corrected chi connectivity index (χ3v) is 5.11. The van der Waals surface area contributed by atoms with Crippen molar-refractivity contribution in [1.29, 1.82) is 0 Å². The molecule has 0 bridgehead atoms. The van der Waals surface area contributed by atoms with Crippen molar-refractivity contribution in [3.63, 3.8) is 0 Å². The van der Waals surface area contributed by atoms with Gasteiger partial charge in [0.2, 0.25) is 0 Å². The number of rotatable bonds is 8.